The molecular weight excluding hydrogens is 178 g/mol. The lowest BCUT2D eigenvalue weighted by molar-refractivity contribution is -0.914. The number of nitrogens with zero attached hydrogens (tertiary/aromatic N) is 1. The Balaban J connectivity index is 2.21. The number of piperidine rings is 1. The van der Waals surface area contributed by atoms with Crippen molar-refractivity contribution in [2.24, 2.45) is 0 Å². The van der Waals surface area contributed by atoms with E-state index in [0.717, 1.165) is 11.0 Å². The van der Waals surface area contributed by atoms with Crippen LogP contribution in [0, 0.1) is 0 Å². The van der Waals surface area contributed by atoms with E-state index >= 15 is 0 Å². The number of esters is 1. The van der Waals surface area contributed by atoms with Crippen LogP contribution in [-0.2, 0) is 9.53 Å². The summed E-state index contributed by atoms with van der Waals surface area (Å²) in [5, 5.41) is 0. The average Bonchev–Trinajstić information content (AvgIpc) is 2.18. The molecule has 3 nitrogen and oxygen atoms in total. The summed E-state index contributed by atoms with van der Waals surface area (Å²) >= 11 is 0. The quantitative estimate of drug-likeness (QED) is 0.387. The van der Waals surface area contributed by atoms with Gasteiger partial charge in [0.05, 0.1) is 20.1 Å². The second-order valence-corrected chi connectivity index (χ2v) is 4.22. The van der Waals surface area contributed by atoms with E-state index in [9.17, 15) is 4.79 Å². The molecule has 0 atom stereocenters. The van der Waals surface area contributed by atoms with Crippen LogP contribution in [0.3, 0.4) is 0 Å². The van der Waals surface area contributed by atoms with Gasteiger partial charge in [0.25, 0.3) is 0 Å². The van der Waals surface area contributed by atoms with Crippen LogP contribution in [0.1, 0.15) is 19.3 Å². The van der Waals surface area contributed by atoms with Crippen molar-refractivity contribution in [1.82, 2.24) is 0 Å². The lowest BCUT2D eigenvalue weighted by Crippen LogP contribution is -2.49. The summed E-state index contributed by atoms with van der Waals surface area (Å²) in [5.41, 5.74) is 0. The molecule has 0 spiro atoms. The zero-order valence-electron chi connectivity index (χ0n) is 9.00. The van der Waals surface area contributed by atoms with Gasteiger partial charge in [-0.15, -0.1) is 0 Å². The molecule has 14 heavy (non-hydrogen) atoms. The maximum absolute atomic E-state index is 10.8. The highest BCUT2D eigenvalue weighted by atomic mass is 16.5. The third-order valence-corrected chi connectivity index (χ3v) is 2.94. The van der Waals surface area contributed by atoms with E-state index in [1.165, 1.54) is 38.4 Å². The summed E-state index contributed by atoms with van der Waals surface area (Å²) in [6.45, 7) is 7.24. The molecule has 0 aromatic rings. The molecule has 0 aliphatic carbocycles. The lowest BCUT2D eigenvalue weighted by atomic mass is 10.1. The summed E-state index contributed by atoms with van der Waals surface area (Å²) in [7, 11) is 2.24. The highest BCUT2D eigenvalue weighted by Gasteiger charge is 2.24. The van der Waals surface area contributed by atoms with E-state index in [-0.39, 0.29) is 5.97 Å². The zero-order valence-corrected chi connectivity index (χ0v) is 9.00. The van der Waals surface area contributed by atoms with Crippen LogP contribution in [0.25, 0.3) is 0 Å². The first-order valence-corrected chi connectivity index (χ1v) is 5.29. The number of rotatable bonds is 4. The van der Waals surface area contributed by atoms with Crippen molar-refractivity contribution in [3.05, 3.63) is 12.7 Å². The molecule has 0 amide bonds. The number of likely N-dealkylation sites (N-methyl/N-ethyl adjacent to an activating group) is 1. The molecule has 80 valence electrons. The molecule has 1 saturated heterocycles. The molecule has 1 heterocycles. The van der Waals surface area contributed by atoms with Gasteiger partial charge in [0.15, 0.2) is 0 Å². The minimum Gasteiger partial charge on any atom is -0.457 e. The fourth-order valence-corrected chi connectivity index (χ4v) is 1.92. The molecular formula is C11H20NO2+. The Kier molecular flexibility index (Phi) is 4.14. The molecule has 0 radical (unpaired) electrons. The number of quaternary nitrogens is 1. The minimum atomic E-state index is -0.311. The maximum atomic E-state index is 10.8. The second kappa shape index (κ2) is 5.15. The van der Waals surface area contributed by atoms with E-state index in [1.54, 1.807) is 0 Å². The van der Waals surface area contributed by atoms with Crippen molar-refractivity contribution >= 4 is 5.97 Å². The monoisotopic (exact) mass is 198 g/mol. The van der Waals surface area contributed by atoms with Crippen molar-refractivity contribution in [2.75, 3.05) is 33.3 Å². The van der Waals surface area contributed by atoms with E-state index in [4.69, 9.17) is 4.74 Å². The standard InChI is InChI=1S/C11H20NO2/c1-3-11(13)14-10-9-12(2)7-5-4-6-8-12/h3H,1,4-10H2,2H3/q+1. The molecule has 3 heteroatoms. The second-order valence-electron chi connectivity index (χ2n) is 4.22. The first-order valence-electron chi connectivity index (χ1n) is 5.29. The smallest absolute Gasteiger partial charge is 0.330 e. The van der Waals surface area contributed by atoms with Crippen LogP contribution in [0.2, 0.25) is 0 Å². The predicted octanol–water partition coefficient (Wildman–Crippen LogP) is 1.35. The number of carbonyl (C=O) groups is 1. The van der Waals surface area contributed by atoms with Gasteiger partial charge < -0.3 is 9.22 Å². The molecule has 0 unspecified atom stereocenters. The Morgan fingerprint density at radius 3 is 2.64 bits per heavy atom. The van der Waals surface area contributed by atoms with Crippen LogP contribution in [0.5, 0.6) is 0 Å². The average molecular weight is 198 g/mol. The highest BCUT2D eigenvalue weighted by Crippen LogP contribution is 2.15. The maximum Gasteiger partial charge on any atom is 0.330 e. The van der Waals surface area contributed by atoms with Gasteiger partial charge in [-0.3, -0.25) is 0 Å². The largest absolute Gasteiger partial charge is 0.457 e. The summed E-state index contributed by atoms with van der Waals surface area (Å²) in [6, 6.07) is 0. The number of carbonyl (C=O) groups excluding carboxylic acids is 1. The lowest BCUT2D eigenvalue weighted by Gasteiger charge is -2.37. The van der Waals surface area contributed by atoms with Crippen molar-refractivity contribution in [2.45, 2.75) is 19.3 Å². The summed E-state index contributed by atoms with van der Waals surface area (Å²) < 4.78 is 6.03. The molecule has 0 N–H and O–H groups in total. The zero-order chi connectivity index (χ0) is 10.4. The normalized spacial score (nSPS) is 20.1. The fraction of sp³-hybridized carbons (Fsp3) is 0.727. The molecule has 1 rings (SSSR count). The Hall–Kier alpha value is -0.830. The fourth-order valence-electron chi connectivity index (χ4n) is 1.92. The third kappa shape index (κ3) is 3.50. The van der Waals surface area contributed by atoms with Crippen LogP contribution >= 0.6 is 0 Å². The first-order chi connectivity index (χ1) is 6.66. The topological polar surface area (TPSA) is 26.3 Å². The van der Waals surface area contributed by atoms with Gasteiger partial charge in [-0.2, -0.15) is 0 Å². The molecule has 0 saturated carbocycles. The van der Waals surface area contributed by atoms with E-state index in [1.807, 2.05) is 0 Å². The first kappa shape index (κ1) is 11.2. The van der Waals surface area contributed by atoms with Crippen LogP contribution in [0.4, 0.5) is 0 Å². The van der Waals surface area contributed by atoms with Crippen molar-refractivity contribution < 1.29 is 14.0 Å². The van der Waals surface area contributed by atoms with Crippen molar-refractivity contribution in [1.29, 1.82) is 0 Å². The summed E-state index contributed by atoms with van der Waals surface area (Å²) in [6.07, 6.45) is 5.16. The summed E-state index contributed by atoms with van der Waals surface area (Å²) in [4.78, 5) is 10.8. The van der Waals surface area contributed by atoms with E-state index in [2.05, 4.69) is 13.6 Å². The molecule has 0 bridgehead atoms. The van der Waals surface area contributed by atoms with Crippen LogP contribution in [0.15, 0.2) is 12.7 Å². The highest BCUT2D eigenvalue weighted by molar-refractivity contribution is 5.81. The number of likely N-dealkylation sites (tertiary alicyclic amines) is 1. The van der Waals surface area contributed by atoms with Gasteiger partial charge in [0, 0.05) is 6.08 Å². The Labute approximate surface area is 85.9 Å². The van der Waals surface area contributed by atoms with Gasteiger partial charge in [-0.05, 0) is 19.3 Å². The van der Waals surface area contributed by atoms with Crippen molar-refractivity contribution in [3.8, 4) is 0 Å². The predicted molar refractivity (Wildman–Crippen MR) is 55.8 cm³/mol. The molecule has 0 aromatic carbocycles. The Morgan fingerprint density at radius 1 is 1.43 bits per heavy atom. The molecule has 1 fully saturated rings. The van der Waals surface area contributed by atoms with Crippen LogP contribution in [-0.4, -0.2) is 43.7 Å². The van der Waals surface area contributed by atoms with E-state index < -0.39 is 0 Å². The molecule has 1 aliphatic rings. The van der Waals surface area contributed by atoms with E-state index in [0.29, 0.717) is 6.61 Å². The number of hydrogen-bond acceptors (Lipinski definition) is 2. The number of hydrogen-bond donors (Lipinski definition) is 0. The van der Waals surface area contributed by atoms with Gasteiger partial charge >= 0.3 is 5.97 Å². The third-order valence-electron chi connectivity index (χ3n) is 2.94. The van der Waals surface area contributed by atoms with Crippen molar-refractivity contribution in [3.63, 3.8) is 0 Å². The Morgan fingerprint density at radius 2 is 2.07 bits per heavy atom. The summed E-state index contributed by atoms with van der Waals surface area (Å²) in [5.74, 6) is -0.311. The Bertz CT molecular complexity index is 207. The van der Waals surface area contributed by atoms with Gasteiger partial charge in [0.1, 0.15) is 13.2 Å². The number of ether oxygens (including phenoxy) is 1. The SMILES string of the molecule is C=CC(=O)OCC[N+]1(C)CCCCC1. The van der Waals surface area contributed by atoms with Gasteiger partial charge in [0.2, 0.25) is 0 Å². The molecule has 1 aliphatic heterocycles. The minimum absolute atomic E-state index is 0.311. The van der Waals surface area contributed by atoms with Gasteiger partial charge in [-0.25, -0.2) is 4.79 Å². The van der Waals surface area contributed by atoms with Crippen LogP contribution < -0.4 is 0 Å². The van der Waals surface area contributed by atoms with Gasteiger partial charge in [-0.1, -0.05) is 6.58 Å². The molecule has 0 aromatic heterocycles.